The predicted octanol–water partition coefficient (Wildman–Crippen LogP) is 2.28. The number of piperazine rings is 1. The topological polar surface area (TPSA) is 94.3 Å². The lowest BCUT2D eigenvalue weighted by Crippen LogP contribution is -2.53. The van der Waals surface area contributed by atoms with Gasteiger partial charge in [0.1, 0.15) is 12.0 Å². The molecule has 1 aliphatic rings. The van der Waals surface area contributed by atoms with Crippen molar-refractivity contribution in [3.05, 3.63) is 47.3 Å². The van der Waals surface area contributed by atoms with Crippen molar-refractivity contribution in [1.82, 2.24) is 19.7 Å². The summed E-state index contributed by atoms with van der Waals surface area (Å²) >= 11 is 0. The average Bonchev–Trinajstić information content (AvgIpc) is 3.24. The van der Waals surface area contributed by atoms with Gasteiger partial charge in [-0.05, 0) is 31.0 Å². The minimum absolute atomic E-state index is 0. The van der Waals surface area contributed by atoms with E-state index in [1.807, 2.05) is 21.0 Å². The third kappa shape index (κ3) is 6.82. The van der Waals surface area contributed by atoms with E-state index in [2.05, 4.69) is 45.4 Å². The number of aromatic nitrogens is 1. The second kappa shape index (κ2) is 11.8. The number of rotatable bonds is 7. The first-order valence-electron chi connectivity index (χ1n) is 10.5. The number of aliphatic imine (C=N–C) groups is 1. The van der Waals surface area contributed by atoms with Crippen molar-refractivity contribution in [2.24, 2.45) is 4.99 Å². The minimum atomic E-state index is -3.42. The maximum Gasteiger partial charge on any atom is 0.220 e. The van der Waals surface area contributed by atoms with Crippen molar-refractivity contribution in [2.75, 3.05) is 51.7 Å². The van der Waals surface area contributed by atoms with Crippen LogP contribution in [0.25, 0.3) is 0 Å². The van der Waals surface area contributed by atoms with Gasteiger partial charge in [-0.2, -0.15) is 4.31 Å². The van der Waals surface area contributed by atoms with Crippen LogP contribution in [-0.2, 0) is 22.3 Å². The molecule has 0 radical (unpaired) electrons. The lowest BCUT2D eigenvalue weighted by atomic mass is 10.1. The van der Waals surface area contributed by atoms with E-state index in [1.54, 1.807) is 6.07 Å². The van der Waals surface area contributed by atoms with Crippen molar-refractivity contribution >= 4 is 45.6 Å². The standard InChI is InChI=1S/C21H32N6O3S.HI/c1-5-22-21(23-15-18-7-6-17(2)14-20(18)25(3)4)26-9-11-27(12-10-26)31(28,29)16-19-8-13-30-24-19;/h6-8,13-14H,5,9-12,15-16H2,1-4H3,(H,22,23);1H. The number of benzene rings is 1. The Morgan fingerprint density at radius 2 is 1.94 bits per heavy atom. The summed E-state index contributed by atoms with van der Waals surface area (Å²) in [5.74, 6) is 0.666. The predicted molar refractivity (Wildman–Crippen MR) is 138 cm³/mol. The summed E-state index contributed by atoms with van der Waals surface area (Å²) in [6, 6.07) is 7.96. The Morgan fingerprint density at radius 1 is 1.22 bits per heavy atom. The molecule has 2 heterocycles. The molecule has 1 N–H and O–H groups in total. The highest BCUT2D eigenvalue weighted by atomic mass is 127. The summed E-state index contributed by atoms with van der Waals surface area (Å²) in [4.78, 5) is 9.06. The lowest BCUT2D eigenvalue weighted by Gasteiger charge is -2.35. The molecular weight excluding hydrogens is 543 g/mol. The first-order chi connectivity index (χ1) is 14.8. The maximum atomic E-state index is 12.7. The second-order valence-corrected chi connectivity index (χ2v) is 9.80. The monoisotopic (exact) mass is 576 g/mol. The molecule has 0 spiro atoms. The summed E-state index contributed by atoms with van der Waals surface area (Å²) in [5.41, 5.74) is 3.95. The fraction of sp³-hybridized carbons (Fsp3) is 0.524. The largest absolute Gasteiger partial charge is 0.377 e. The van der Waals surface area contributed by atoms with Gasteiger partial charge in [0.05, 0.1) is 12.2 Å². The van der Waals surface area contributed by atoms with Crippen LogP contribution in [0.3, 0.4) is 0 Å². The number of anilines is 1. The Balaban J connectivity index is 0.00000363. The summed E-state index contributed by atoms with van der Waals surface area (Å²) < 4.78 is 31.6. The molecule has 3 rings (SSSR count). The molecule has 1 saturated heterocycles. The number of nitrogens with one attached hydrogen (secondary N) is 1. The van der Waals surface area contributed by atoms with Gasteiger partial charge in [0.15, 0.2) is 5.96 Å². The highest BCUT2D eigenvalue weighted by molar-refractivity contribution is 14.0. The molecule has 1 fully saturated rings. The highest BCUT2D eigenvalue weighted by Gasteiger charge is 2.29. The zero-order valence-electron chi connectivity index (χ0n) is 19.1. The molecule has 1 aromatic carbocycles. The maximum absolute atomic E-state index is 12.7. The molecule has 0 unspecified atom stereocenters. The number of guanidine groups is 1. The van der Waals surface area contributed by atoms with E-state index in [1.165, 1.54) is 16.1 Å². The molecule has 0 amide bonds. The molecule has 0 saturated carbocycles. The van der Waals surface area contributed by atoms with Crippen LogP contribution < -0.4 is 10.2 Å². The minimum Gasteiger partial charge on any atom is -0.377 e. The molecule has 11 heteroatoms. The van der Waals surface area contributed by atoms with Crippen molar-refractivity contribution in [2.45, 2.75) is 26.1 Å². The molecule has 1 aromatic heterocycles. The van der Waals surface area contributed by atoms with E-state index in [0.29, 0.717) is 38.4 Å². The molecule has 9 nitrogen and oxygen atoms in total. The third-order valence-corrected chi connectivity index (χ3v) is 7.02. The molecule has 0 aliphatic carbocycles. The van der Waals surface area contributed by atoms with Crippen molar-refractivity contribution in [3.63, 3.8) is 0 Å². The van der Waals surface area contributed by atoms with Crippen LogP contribution >= 0.6 is 24.0 Å². The number of halogens is 1. The zero-order valence-corrected chi connectivity index (χ0v) is 22.3. The van der Waals surface area contributed by atoms with Crippen molar-refractivity contribution in [3.8, 4) is 0 Å². The summed E-state index contributed by atoms with van der Waals surface area (Å²) in [6.07, 6.45) is 1.39. The van der Waals surface area contributed by atoms with Gasteiger partial charge in [-0.25, -0.2) is 13.4 Å². The Morgan fingerprint density at radius 3 is 2.53 bits per heavy atom. The molecule has 0 atom stereocenters. The smallest absolute Gasteiger partial charge is 0.220 e. The van der Waals surface area contributed by atoms with E-state index < -0.39 is 10.0 Å². The fourth-order valence-corrected chi connectivity index (χ4v) is 5.00. The zero-order chi connectivity index (χ0) is 22.4. The van der Waals surface area contributed by atoms with Crippen LogP contribution in [0.2, 0.25) is 0 Å². The van der Waals surface area contributed by atoms with Gasteiger partial charge in [-0.15, -0.1) is 24.0 Å². The number of hydrogen-bond donors (Lipinski definition) is 1. The van der Waals surface area contributed by atoms with E-state index in [0.717, 1.165) is 23.8 Å². The van der Waals surface area contributed by atoms with Crippen LogP contribution in [0.4, 0.5) is 5.69 Å². The molecule has 0 bridgehead atoms. The van der Waals surface area contributed by atoms with Gasteiger partial charge >= 0.3 is 0 Å². The van der Waals surface area contributed by atoms with Crippen LogP contribution in [0.15, 0.2) is 40.0 Å². The molecule has 2 aromatic rings. The molecule has 178 valence electrons. The van der Waals surface area contributed by atoms with Crippen LogP contribution in [0, 0.1) is 6.92 Å². The van der Waals surface area contributed by atoms with Crippen molar-refractivity contribution < 1.29 is 12.9 Å². The average molecular weight is 577 g/mol. The number of sulfonamides is 1. The van der Waals surface area contributed by atoms with Crippen molar-refractivity contribution in [1.29, 1.82) is 0 Å². The van der Waals surface area contributed by atoms with Crippen LogP contribution in [-0.4, -0.2) is 75.6 Å². The first kappa shape index (κ1) is 26.4. The normalized spacial score (nSPS) is 15.4. The second-order valence-electron chi connectivity index (χ2n) is 7.83. The first-order valence-corrected chi connectivity index (χ1v) is 12.1. The lowest BCUT2D eigenvalue weighted by molar-refractivity contribution is 0.259. The summed E-state index contributed by atoms with van der Waals surface area (Å²) in [5, 5.41) is 7.06. The van der Waals surface area contributed by atoms with Gasteiger partial charge in [0, 0.05) is 58.6 Å². The third-order valence-electron chi connectivity index (χ3n) is 5.21. The summed E-state index contributed by atoms with van der Waals surface area (Å²) in [7, 11) is 0.643. The quantitative estimate of drug-likeness (QED) is 0.307. The molecular formula is C21H33IN6O3S. The molecule has 1 aliphatic heterocycles. The number of aryl methyl sites for hydroxylation is 1. The molecule has 32 heavy (non-hydrogen) atoms. The highest BCUT2D eigenvalue weighted by Crippen LogP contribution is 2.21. The number of hydrogen-bond acceptors (Lipinski definition) is 6. The van der Waals surface area contributed by atoms with E-state index in [4.69, 9.17) is 9.52 Å². The Bertz CT molecular complexity index is 987. The van der Waals surface area contributed by atoms with Gasteiger partial charge in [0.25, 0.3) is 0 Å². The van der Waals surface area contributed by atoms with E-state index in [-0.39, 0.29) is 29.7 Å². The van der Waals surface area contributed by atoms with Crippen LogP contribution in [0.1, 0.15) is 23.7 Å². The van der Waals surface area contributed by atoms with E-state index in [9.17, 15) is 8.42 Å². The Hall–Kier alpha value is -1.86. The van der Waals surface area contributed by atoms with E-state index >= 15 is 0 Å². The Kier molecular flexibility index (Phi) is 9.77. The summed E-state index contributed by atoms with van der Waals surface area (Å²) in [6.45, 7) is 7.41. The van der Waals surface area contributed by atoms with Gasteiger partial charge in [0.2, 0.25) is 10.0 Å². The Labute approximate surface area is 207 Å². The number of nitrogens with zero attached hydrogens (tertiary/aromatic N) is 5. The van der Waals surface area contributed by atoms with Gasteiger partial charge in [-0.3, -0.25) is 0 Å². The van der Waals surface area contributed by atoms with Gasteiger partial charge < -0.3 is 19.6 Å². The van der Waals surface area contributed by atoms with Crippen LogP contribution in [0.5, 0.6) is 0 Å². The SMILES string of the molecule is CCNC(=NCc1ccc(C)cc1N(C)C)N1CCN(S(=O)(=O)Cc2ccon2)CC1.I. The fourth-order valence-electron chi connectivity index (χ4n) is 3.58. The van der Waals surface area contributed by atoms with Gasteiger partial charge in [-0.1, -0.05) is 17.3 Å².